The molecule has 3 N–H and O–H groups in total. The number of thioether (sulfide) groups is 1. The second-order valence-electron chi connectivity index (χ2n) is 3.72. The van der Waals surface area contributed by atoms with Crippen LogP contribution in [-0.4, -0.2) is 23.0 Å². The Morgan fingerprint density at radius 1 is 1.44 bits per heavy atom. The van der Waals surface area contributed by atoms with Gasteiger partial charge in [-0.2, -0.15) is 0 Å². The van der Waals surface area contributed by atoms with Gasteiger partial charge in [0.25, 0.3) is 0 Å². The standard InChI is InChI=1S/C12H18FNOS/c1-2-5-10(14)12(8-15)16-11-7-4-3-6-9(11)13/h3-4,6-7,10,12,15H,2,5,8,14H2,1H3. The summed E-state index contributed by atoms with van der Waals surface area (Å²) < 4.78 is 13.4. The Bertz CT molecular complexity index is 322. The first-order valence-electron chi connectivity index (χ1n) is 5.46. The molecule has 0 spiro atoms. The van der Waals surface area contributed by atoms with Crippen molar-refractivity contribution >= 4 is 11.8 Å². The molecule has 0 fully saturated rings. The molecule has 2 unspecified atom stereocenters. The van der Waals surface area contributed by atoms with Crippen molar-refractivity contribution in [2.75, 3.05) is 6.61 Å². The monoisotopic (exact) mass is 243 g/mol. The zero-order chi connectivity index (χ0) is 12.0. The minimum absolute atomic E-state index is 0.0276. The first-order chi connectivity index (χ1) is 7.69. The van der Waals surface area contributed by atoms with E-state index in [2.05, 4.69) is 0 Å². The highest BCUT2D eigenvalue weighted by Gasteiger charge is 2.18. The third kappa shape index (κ3) is 3.77. The van der Waals surface area contributed by atoms with E-state index in [0.29, 0.717) is 4.90 Å². The number of aliphatic hydroxyl groups excluding tert-OH is 1. The maximum Gasteiger partial charge on any atom is 0.136 e. The molecule has 0 aromatic heterocycles. The minimum atomic E-state index is -0.255. The minimum Gasteiger partial charge on any atom is -0.395 e. The molecule has 90 valence electrons. The molecule has 0 aliphatic heterocycles. The molecule has 0 amide bonds. The Labute approximate surface area is 100 Å². The molecule has 0 bridgehead atoms. The van der Waals surface area contributed by atoms with Crippen molar-refractivity contribution in [3.05, 3.63) is 30.1 Å². The number of benzene rings is 1. The zero-order valence-electron chi connectivity index (χ0n) is 9.40. The van der Waals surface area contributed by atoms with Gasteiger partial charge in [0, 0.05) is 16.2 Å². The van der Waals surface area contributed by atoms with Crippen LogP contribution >= 0.6 is 11.8 Å². The molecular weight excluding hydrogens is 225 g/mol. The van der Waals surface area contributed by atoms with E-state index in [9.17, 15) is 9.50 Å². The predicted octanol–water partition coefficient (Wildman–Crippen LogP) is 2.41. The molecule has 0 aliphatic carbocycles. The SMILES string of the molecule is CCCC(N)C(CO)Sc1ccccc1F. The molecule has 0 saturated carbocycles. The zero-order valence-corrected chi connectivity index (χ0v) is 10.2. The lowest BCUT2D eigenvalue weighted by atomic mass is 10.1. The first-order valence-corrected chi connectivity index (χ1v) is 6.34. The highest BCUT2D eigenvalue weighted by atomic mass is 32.2. The molecule has 0 saturated heterocycles. The van der Waals surface area contributed by atoms with Gasteiger partial charge in [0.1, 0.15) is 5.82 Å². The summed E-state index contributed by atoms with van der Waals surface area (Å²) in [6, 6.07) is 6.47. The predicted molar refractivity (Wildman–Crippen MR) is 66.0 cm³/mol. The summed E-state index contributed by atoms with van der Waals surface area (Å²) >= 11 is 1.31. The van der Waals surface area contributed by atoms with Gasteiger partial charge in [0.05, 0.1) is 6.61 Å². The summed E-state index contributed by atoms with van der Waals surface area (Å²) in [6.45, 7) is 2.02. The van der Waals surface area contributed by atoms with Crippen LogP contribution in [0.3, 0.4) is 0 Å². The number of aliphatic hydroxyl groups is 1. The topological polar surface area (TPSA) is 46.2 Å². The Balaban J connectivity index is 2.66. The summed E-state index contributed by atoms with van der Waals surface area (Å²) in [6.07, 6.45) is 1.81. The maximum atomic E-state index is 13.4. The van der Waals surface area contributed by atoms with Gasteiger partial charge < -0.3 is 10.8 Å². The van der Waals surface area contributed by atoms with Crippen molar-refractivity contribution < 1.29 is 9.50 Å². The molecule has 1 aromatic carbocycles. The summed E-state index contributed by atoms with van der Waals surface area (Å²) in [5.41, 5.74) is 5.93. The largest absolute Gasteiger partial charge is 0.395 e. The number of nitrogens with two attached hydrogens (primary N) is 1. The highest BCUT2D eigenvalue weighted by molar-refractivity contribution is 8.00. The van der Waals surface area contributed by atoms with Gasteiger partial charge in [-0.15, -0.1) is 11.8 Å². The van der Waals surface area contributed by atoms with Crippen molar-refractivity contribution in [3.8, 4) is 0 Å². The van der Waals surface area contributed by atoms with Gasteiger partial charge in [-0.25, -0.2) is 4.39 Å². The summed E-state index contributed by atoms with van der Waals surface area (Å²) in [4.78, 5) is 0.549. The Kier molecular flexibility index (Phi) is 5.80. The van der Waals surface area contributed by atoms with Crippen LogP contribution in [0.25, 0.3) is 0 Å². The molecule has 4 heteroatoms. The van der Waals surface area contributed by atoms with E-state index in [4.69, 9.17) is 5.73 Å². The van der Waals surface area contributed by atoms with E-state index in [0.717, 1.165) is 12.8 Å². The molecule has 0 radical (unpaired) electrons. The third-order valence-electron chi connectivity index (χ3n) is 2.39. The number of rotatable bonds is 6. The molecule has 2 atom stereocenters. The second-order valence-corrected chi connectivity index (χ2v) is 5.00. The van der Waals surface area contributed by atoms with E-state index < -0.39 is 0 Å². The van der Waals surface area contributed by atoms with Crippen LogP contribution in [0.1, 0.15) is 19.8 Å². The van der Waals surface area contributed by atoms with E-state index in [1.165, 1.54) is 17.8 Å². The normalized spacial score (nSPS) is 14.8. The highest BCUT2D eigenvalue weighted by Crippen LogP contribution is 2.28. The van der Waals surface area contributed by atoms with Crippen molar-refractivity contribution in [1.82, 2.24) is 0 Å². The second kappa shape index (κ2) is 6.89. The fourth-order valence-corrected chi connectivity index (χ4v) is 2.53. The summed E-state index contributed by atoms with van der Waals surface area (Å²) in [5, 5.41) is 9.11. The van der Waals surface area contributed by atoms with Gasteiger partial charge in [-0.3, -0.25) is 0 Å². The van der Waals surface area contributed by atoms with Crippen LogP contribution in [0.15, 0.2) is 29.2 Å². The van der Waals surface area contributed by atoms with Gasteiger partial charge in [0.2, 0.25) is 0 Å². The van der Waals surface area contributed by atoms with Crippen LogP contribution < -0.4 is 5.73 Å². The maximum absolute atomic E-state index is 13.4. The number of hydrogen-bond donors (Lipinski definition) is 2. The molecule has 1 aromatic rings. The fourth-order valence-electron chi connectivity index (χ4n) is 1.48. The number of halogens is 1. The molecule has 0 aliphatic rings. The van der Waals surface area contributed by atoms with Gasteiger partial charge in [-0.1, -0.05) is 25.5 Å². The van der Waals surface area contributed by atoms with E-state index >= 15 is 0 Å². The van der Waals surface area contributed by atoms with E-state index in [1.54, 1.807) is 18.2 Å². The lowest BCUT2D eigenvalue weighted by molar-refractivity contribution is 0.279. The Hall–Kier alpha value is -0.580. The van der Waals surface area contributed by atoms with E-state index in [-0.39, 0.29) is 23.7 Å². The molecule has 2 nitrogen and oxygen atoms in total. The van der Waals surface area contributed by atoms with Crippen molar-refractivity contribution in [2.24, 2.45) is 5.73 Å². The quantitative estimate of drug-likeness (QED) is 0.754. The summed E-state index contributed by atoms with van der Waals surface area (Å²) in [7, 11) is 0. The van der Waals surface area contributed by atoms with Crippen LogP contribution in [0.4, 0.5) is 4.39 Å². The van der Waals surface area contributed by atoms with Crippen LogP contribution in [0.2, 0.25) is 0 Å². The number of hydrogen-bond acceptors (Lipinski definition) is 3. The molecule has 1 rings (SSSR count). The van der Waals surface area contributed by atoms with Gasteiger partial charge in [-0.05, 0) is 18.6 Å². The fraction of sp³-hybridized carbons (Fsp3) is 0.500. The smallest absolute Gasteiger partial charge is 0.136 e. The average Bonchev–Trinajstić information content (AvgIpc) is 2.28. The lowest BCUT2D eigenvalue weighted by Crippen LogP contribution is -2.34. The molecule has 0 heterocycles. The average molecular weight is 243 g/mol. The summed E-state index contributed by atoms with van der Waals surface area (Å²) in [5.74, 6) is -0.255. The van der Waals surface area contributed by atoms with Gasteiger partial charge >= 0.3 is 0 Å². The van der Waals surface area contributed by atoms with Crippen molar-refractivity contribution in [1.29, 1.82) is 0 Å². The first kappa shape index (κ1) is 13.5. The molecular formula is C12H18FNOS. The van der Waals surface area contributed by atoms with Gasteiger partial charge in [0.15, 0.2) is 0 Å². The van der Waals surface area contributed by atoms with Crippen molar-refractivity contribution in [2.45, 2.75) is 36.0 Å². The van der Waals surface area contributed by atoms with Crippen LogP contribution in [0.5, 0.6) is 0 Å². The van der Waals surface area contributed by atoms with E-state index in [1.807, 2.05) is 6.92 Å². The Morgan fingerprint density at radius 3 is 2.69 bits per heavy atom. The Morgan fingerprint density at radius 2 is 2.12 bits per heavy atom. The van der Waals surface area contributed by atoms with Crippen LogP contribution in [0, 0.1) is 5.82 Å². The lowest BCUT2D eigenvalue weighted by Gasteiger charge is -2.21. The van der Waals surface area contributed by atoms with Crippen LogP contribution in [-0.2, 0) is 0 Å². The third-order valence-corrected chi connectivity index (χ3v) is 3.78. The van der Waals surface area contributed by atoms with Crippen molar-refractivity contribution in [3.63, 3.8) is 0 Å². The molecule has 16 heavy (non-hydrogen) atoms.